The second-order valence-electron chi connectivity index (χ2n) is 0. The molecule has 0 aliphatic heterocycles. The van der Waals surface area contributed by atoms with Gasteiger partial charge in [0.25, 0.3) is 0 Å². The van der Waals surface area contributed by atoms with E-state index in [-0.39, 0.29) is 25.0 Å². The van der Waals surface area contributed by atoms with E-state index >= 15 is 0 Å². The van der Waals surface area contributed by atoms with Crippen molar-refractivity contribution in [3.63, 3.8) is 0 Å². The van der Waals surface area contributed by atoms with Crippen LogP contribution in [0.1, 0.15) is 0 Å². The van der Waals surface area contributed by atoms with Crippen molar-refractivity contribution >= 4 is 0 Å². The Morgan fingerprint density at radius 1 is 0.727 bits per heavy atom. The normalized spacial score (nSPS) is 1.36. The van der Waals surface area contributed by atoms with Crippen LogP contribution in [0.5, 0.6) is 0 Å². The van der Waals surface area contributed by atoms with Gasteiger partial charge in [0.1, 0.15) is 0 Å². The summed E-state index contributed by atoms with van der Waals surface area (Å²) in [6.07, 6.45) is 0. The number of hydrogen-bond acceptors (Lipinski definition) is 4. The van der Waals surface area contributed by atoms with E-state index in [0.29, 0.717) is 24.7 Å². The molecule has 5 N–H and O–H groups in total. The van der Waals surface area contributed by atoms with Crippen molar-refractivity contribution in [2.45, 2.75) is 0 Å². The standard InChI is InChI=1S/2FHO.4FH.H3N.O.Zr/c2*1-2;;;;;;;/h2*2H;4*1H;1H3;;. The van der Waals surface area contributed by atoms with Gasteiger partial charge in [-0.15, -0.1) is 0 Å². The van der Waals surface area contributed by atoms with Crippen LogP contribution in [-0.4, -0.2) is 10.6 Å². The molecule has 11 heteroatoms. The van der Waals surface area contributed by atoms with Crippen molar-refractivity contribution in [2.24, 2.45) is 0 Å². The summed E-state index contributed by atoms with van der Waals surface area (Å²) >= 11 is 0.300. The van der Waals surface area contributed by atoms with Gasteiger partial charge in [-0.2, -0.15) is 0 Å². The summed E-state index contributed by atoms with van der Waals surface area (Å²) in [5, 5.41) is 11.0. The third-order valence-corrected chi connectivity index (χ3v) is 0. The summed E-state index contributed by atoms with van der Waals surface area (Å²) < 4.78 is 25.3. The number of halogens is 6. The van der Waals surface area contributed by atoms with Gasteiger partial charge in [-0.05, 0) is 0 Å². The zero-order chi connectivity index (χ0) is 6.00. The fourth-order valence-electron chi connectivity index (χ4n) is 0. The van der Waals surface area contributed by atoms with Gasteiger partial charge in [-0.1, -0.05) is 9.05 Å². The van der Waals surface area contributed by atoms with Crippen LogP contribution in [0, 0.1) is 0 Å². The fourth-order valence-corrected chi connectivity index (χ4v) is 0. The van der Waals surface area contributed by atoms with Gasteiger partial charge in [0.2, 0.25) is 0 Å². The van der Waals surface area contributed by atoms with Crippen LogP contribution in [0.15, 0.2) is 0 Å². The van der Waals surface area contributed by atoms with Crippen LogP contribution in [-0.2, 0) is 27.5 Å². The molecule has 0 radical (unpaired) electrons. The SMILES string of the molecule is F.F.F.F.N.OF.OF.[O]=[Zr]. The summed E-state index contributed by atoms with van der Waals surface area (Å²) in [6.45, 7) is 0. The second kappa shape index (κ2) is 41400. The molecule has 0 bridgehead atoms. The summed E-state index contributed by atoms with van der Waals surface area (Å²) in [4.78, 5) is 0. The predicted molar refractivity (Wildman–Crippen MR) is 22.4 cm³/mol. The first-order chi connectivity index (χ1) is 3.00. The van der Waals surface area contributed by atoms with Crippen molar-refractivity contribution in [1.82, 2.24) is 6.15 Å². The molecule has 78 valence electrons. The van der Waals surface area contributed by atoms with Gasteiger partial charge in [-0.3, -0.25) is 18.8 Å². The van der Waals surface area contributed by atoms with Crippen LogP contribution in [0.2, 0.25) is 0 Å². The molecule has 0 amide bonds. The Morgan fingerprint density at radius 3 is 0.727 bits per heavy atom. The Labute approximate surface area is 72.7 Å². The molecule has 0 saturated heterocycles. The van der Waals surface area contributed by atoms with Crippen molar-refractivity contribution in [3.8, 4) is 0 Å². The Hall–Kier alpha value is 0.143. The molecule has 0 aliphatic rings. The van der Waals surface area contributed by atoms with Gasteiger partial charge < -0.3 is 6.15 Å². The molecule has 0 spiro atoms. The van der Waals surface area contributed by atoms with Gasteiger partial charge in [-0.25, -0.2) is 10.6 Å². The first-order valence-corrected chi connectivity index (χ1v) is 1.55. The average Bonchev–Trinajstić information content (AvgIpc) is 1.81. The van der Waals surface area contributed by atoms with Crippen LogP contribution >= 0.6 is 0 Å². The summed E-state index contributed by atoms with van der Waals surface area (Å²) in [6, 6.07) is 0. The first-order valence-electron chi connectivity index (χ1n) is 0.542. The Bertz CT molecular complexity index is 17.8. The van der Waals surface area contributed by atoms with Crippen molar-refractivity contribution in [1.29, 1.82) is 0 Å². The summed E-state index contributed by atoms with van der Waals surface area (Å²) in [5.41, 5.74) is 0. The quantitative estimate of drug-likeness (QED) is 0.558. The molecule has 0 aliphatic carbocycles. The van der Waals surface area contributed by atoms with Crippen LogP contribution < -0.4 is 6.15 Å². The topological polar surface area (TPSA) is 92.5 Å². The molecular formula is H9F6NO3Zr. The van der Waals surface area contributed by atoms with Crippen molar-refractivity contribution in [3.05, 3.63) is 0 Å². The zero-order valence-corrected chi connectivity index (χ0v) is 7.36. The third kappa shape index (κ3) is 32800. The van der Waals surface area contributed by atoms with Gasteiger partial charge in [0.05, 0.1) is 0 Å². The van der Waals surface area contributed by atoms with E-state index in [9.17, 15) is 0 Å². The molecule has 0 heterocycles. The summed E-state index contributed by atoms with van der Waals surface area (Å²) in [7, 11) is 0. The Balaban J connectivity index is -0.00000000167. The molecule has 0 fully saturated rings. The predicted octanol–water partition coefficient (Wildman–Crippen LogP) is 0.377. The molecular weight excluding hydrogens is 267 g/mol. The fraction of sp³-hybridized carbons (Fsp3) is 0. The molecule has 0 saturated carbocycles. The van der Waals surface area contributed by atoms with E-state index in [2.05, 4.69) is 0 Å². The van der Waals surface area contributed by atoms with E-state index in [4.69, 9.17) is 22.5 Å². The zero-order valence-electron chi connectivity index (χ0n) is 4.90. The molecule has 0 aromatic heterocycles. The number of hydrogen-bond donors (Lipinski definition) is 3. The number of rotatable bonds is 0. The Morgan fingerprint density at radius 2 is 0.727 bits per heavy atom. The molecule has 11 heavy (non-hydrogen) atoms. The van der Waals surface area contributed by atoms with Crippen molar-refractivity contribution in [2.75, 3.05) is 0 Å². The van der Waals surface area contributed by atoms with E-state index < -0.39 is 0 Å². The van der Waals surface area contributed by atoms with Gasteiger partial charge in [0, 0.05) is 0 Å². The van der Waals surface area contributed by atoms with Gasteiger partial charge >= 0.3 is 27.5 Å². The monoisotopic (exact) mass is 275 g/mol. The minimum atomic E-state index is 0. The van der Waals surface area contributed by atoms with Crippen LogP contribution in [0.3, 0.4) is 0 Å². The van der Waals surface area contributed by atoms with Gasteiger partial charge in [0.15, 0.2) is 0 Å². The molecule has 0 aromatic rings. The van der Waals surface area contributed by atoms with E-state index in [0.717, 1.165) is 0 Å². The Kier molecular flexibility index (Phi) is 437000. The molecule has 4 nitrogen and oxygen atoms in total. The minimum absolute atomic E-state index is 0. The second-order valence-corrected chi connectivity index (χ2v) is 0. The van der Waals surface area contributed by atoms with Crippen LogP contribution in [0.25, 0.3) is 0 Å². The van der Waals surface area contributed by atoms with E-state index in [1.807, 2.05) is 0 Å². The maximum atomic E-state index is 8.50. The first kappa shape index (κ1) is 116. The van der Waals surface area contributed by atoms with Crippen LogP contribution in [0.4, 0.5) is 27.9 Å². The van der Waals surface area contributed by atoms with E-state index in [1.165, 1.54) is 0 Å². The van der Waals surface area contributed by atoms with Crippen molar-refractivity contribution < 1.29 is 66.0 Å². The maximum absolute atomic E-state index is 8.50. The average molecular weight is 276 g/mol. The molecule has 0 atom stereocenters. The molecule has 0 aromatic carbocycles. The third-order valence-electron chi connectivity index (χ3n) is 0. The molecule has 0 rings (SSSR count). The molecule has 0 unspecified atom stereocenters. The summed E-state index contributed by atoms with van der Waals surface area (Å²) in [5.74, 6) is 0. The van der Waals surface area contributed by atoms with E-state index in [1.54, 1.807) is 0 Å².